The number of benzene rings is 1. The topological polar surface area (TPSA) is 50.2 Å². The largest absolute Gasteiger partial charge is 0.481 e. The van der Waals surface area contributed by atoms with Gasteiger partial charge in [0, 0.05) is 11.1 Å². The minimum absolute atomic E-state index is 0.0356. The van der Waals surface area contributed by atoms with E-state index < -0.39 is 18.2 Å². The molecule has 0 atom stereocenters. The number of carbonyl (C=O) groups is 1. The first-order valence-electron chi connectivity index (χ1n) is 5.29. The third-order valence-electron chi connectivity index (χ3n) is 2.50. The van der Waals surface area contributed by atoms with E-state index in [1.165, 1.54) is 6.07 Å². The number of carboxylic acids is 1. The number of hydrogen-bond donors (Lipinski definition) is 1. The molecule has 0 spiro atoms. The fourth-order valence-electron chi connectivity index (χ4n) is 1.66. The number of aromatic nitrogens is 1. The maximum atomic E-state index is 13.5. The predicted octanol–water partition coefficient (Wildman–Crippen LogP) is 3.82. The van der Waals surface area contributed by atoms with Crippen LogP contribution in [0.3, 0.4) is 0 Å². The zero-order valence-electron chi connectivity index (χ0n) is 9.53. The van der Waals surface area contributed by atoms with Gasteiger partial charge in [-0.2, -0.15) is 0 Å². The molecule has 1 heterocycles. The van der Waals surface area contributed by atoms with Gasteiger partial charge in [0.2, 0.25) is 0 Å². The van der Waals surface area contributed by atoms with Crippen LogP contribution in [-0.4, -0.2) is 16.1 Å². The zero-order chi connectivity index (χ0) is 14.0. The van der Waals surface area contributed by atoms with E-state index in [1.54, 1.807) is 18.2 Å². The van der Waals surface area contributed by atoms with Crippen molar-refractivity contribution >= 4 is 29.2 Å². The molecule has 0 amide bonds. The highest BCUT2D eigenvalue weighted by molar-refractivity contribution is 6.39. The summed E-state index contributed by atoms with van der Waals surface area (Å²) in [5, 5.41) is 9.46. The molecule has 0 aliphatic heterocycles. The standard InChI is InChI=1S/C13H8Cl2FNO2/c14-8-2-1-3-9(15)13(8)11-4-7(5-12(18)19)10(16)6-17-11/h1-4,6H,5H2,(H,18,19). The fraction of sp³-hybridized carbons (Fsp3) is 0.0769. The van der Waals surface area contributed by atoms with Gasteiger partial charge in [-0.05, 0) is 18.2 Å². The molecule has 0 aliphatic rings. The predicted molar refractivity (Wildman–Crippen MR) is 71.0 cm³/mol. The summed E-state index contributed by atoms with van der Waals surface area (Å²) in [5.41, 5.74) is 0.833. The van der Waals surface area contributed by atoms with Gasteiger partial charge >= 0.3 is 5.97 Å². The molecule has 0 radical (unpaired) electrons. The molecule has 3 nitrogen and oxygen atoms in total. The summed E-state index contributed by atoms with van der Waals surface area (Å²) < 4.78 is 13.5. The van der Waals surface area contributed by atoms with Crippen molar-refractivity contribution in [1.29, 1.82) is 0 Å². The van der Waals surface area contributed by atoms with Gasteiger partial charge < -0.3 is 5.11 Å². The molecule has 1 N–H and O–H groups in total. The molecule has 0 bridgehead atoms. The lowest BCUT2D eigenvalue weighted by Gasteiger charge is -2.08. The molecule has 98 valence electrons. The molecular formula is C13H8Cl2FNO2. The smallest absolute Gasteiger partial charge is 0.307 e. The first-order valence-corrected chi connectivity index (χ1v) is 6.05. The SMILES string of the molecule is O=C(O)Cc1cc(-c2c(Cl)cccc2Cl)ncc1F. The van der Waals surface area contributed by atoms with Gasteiger partial charge in [0.25, 0.3) is 0 Å². The van der Waals surface area contributed by atoms with E-state index in [0.29, 0.717) is 21.3 Å². The number of carboxylic acid groups (broad SMARTS) is 1. The molecule has 0 saturated carbocycles. The molecule has 0 aliphatic carbocycles. The highest BCUT2D eigenvalue weighted by Gasteiger charge is 2.14. The van der Waals surface area contributed by atoms with Crippen LogP contribution in [0.1, 0.15) is 5.56 Å². The van der Waals surface area contributed by atoms with Gasteiger partial charge in [-0.25, -0.2) is 4.39 Å². The second kappa shape index (κ2) is 5.55. The number of pyridine rings is 1. The fourth-order valence-corrected chi connectivity index (χ4v) is 2.25. The van der Waals surface area contributed by atoms with Gasteiger partial charge in [-0.15, -0.1) is 0 Å². The molecule has 2 rings (SSSR count). The Morgan fingerprint density at radius 1 is 1.32 bits per heavy atom. The lowest BCUT2D eigenvalue weighted by Crippen LogP contribution is -2.03. The van der Waals surface area contributed by atoms with E-state index in [0.717, 1.165) is 6.20 Å². The van der Waals surface area contributed by atoms with E-state index in [2.05, 4.69) is 4.98 Å². The maximum Gasteiger partial charge on any atom is 0.307 e. The Kier molecular flexibility index (Phi) is 4.02. The average molecular weight is 300 g/mol. The lowest BCUT2D eigenvalue weighted by molar-refractivity contribution is -0.136. The lowest BCUT2D eigenvalue weighted by atomic mass is 10.1. The maximum absolute atomic E-state index is 13.5. The Labute approximate surface area is 118 Å². The van der Waals surface area contributed by atoms with E-state index in [-0.39, 0.29) is 5.56 Å². The average Bonchev–Trinajstić information content (AvgIpc) is 2.32. The highest BCUT2D eigenvalue weighted by Crippen LogP contribution is 2.33. The van der Waals surface area contributed by atoms with Crippen LogP contribution >= 0.6 is 23.2 Å². The van der Waals surface area contributed by atoms with Crippen LogP contribution in [0.2, 0.25) is 10.0 Å². The Morgan fingerprint density at radius 3 is 2.53 bits per heavy atom. The number of rotatable bonds is 3. The minimum Gasteiger partial charge on any atom is -0.481 e. The molecular weight excluding hydrogens is 292 g/mol. The highest BCUT2D eigenvalue weighted by atomic mass is 35.5. The molecule has 1 aromatic carbocycles. The summed E-state index contributed by atoms with van der Waals surface area (Å²) in [6.45, 7) is 0. The summed E-state index contributed by atoms with van der Waals surface area (Å²) >= 11 is 12.1. The van der Waals surface area contributed by atoms with Crippen molar-refractivity contribution in [3.63, 3.8) is 0 Å². The molecule has 2 aromatic rings. The van der Waals surface area contributed by atoms with Crippen molar-refractivity contribution in [2.45, 2.75) is 6.42 Å². The number of halogens is 3. The van der Waals surface area contributed by atoms with Gasteiger partial charge in [0.05, 0.1) is 28.4 Å². The summed E-state index contributed by atoms with van der Waals surface area (Å²) in [7, 11) is 0. The van der Waals surface area contributed by atoms with Crippen molar-refractivity contribution in [3.05, 3.63) is 51.9 Å². The first-order chi connectivity index (χ1) is 8.99. The quantitative estimate of drug-likeness (QED) is 0.937. The van der Waals surface area contributed by atoms with Crippen LogP contribution < -0.4 is 0 Å². The van der Waals surface area contributed by atoms with Crippen molar-refractivity contribution in [2.24, 2.45) is 0 Å². The van der Waals surface area contributed by atoms with Crippen LogP contribution in [0.4, 0.5) is 4.39 Å². The molecule has 0 unspecified atom stereocenters. The summed E-state index contributed by atoms with van der Waals surface area (Å²) in [6.07, 6.45) is 0.538. The van der Waals surface area contributed by atoms with Crippen molar-refractivity contribution in [2.75, 3.05) is 0 Å². The number of aliphatic carboxylic acids is 1. The number of hydrogen-bond acceptors (Lipinski definition) is 2. The summed E-state index contributed by atoms with van der Waals surface area (Å²) in [4.78, 5) is 14.6. The molecule has 0 fully saturated rings. The Morgan fingerprint density at radius 2 is 1.95 bits per heavy atom. The monoisotopic (exact) mass is 299 g/mol. The van der Waals surface area contributed by atoms with Crippen LogP contribution in [0.5, 0.6) is 0 Å². The van der Waals surface area contributed by atoms with Crippen molar-refractivity contribution in [3.8, 4) is 11.3 Å². The van der Waals surface area contributed by atoms with Gasteiger partial charge in [0.1, 0.15) is 5.82 Å². The second-order valence-electron chi connectivity index (χ2n) is 3.83. The van der Waals surface area contributed by atoms with Crippen LogP contribution in [0.25, 0.3) is 11.3 Å². The van der Waals surface area contributed by atoms with Crippen LogP contribution in [-0.2, 0) is 11.2 Å². The molecule has 0 saturated heterocycles. The van der Waals surface area contributed by atoms with Crippen LogP contribution in [0, 0.1) is 5.82 Å². The van der Waals surface area contributed by atoms with Crippen molar-refractivity contribution < 1.29 is 14.3 Å². The molecule has 1 aromatic heterocycles. The van der Waals surface area contributed by atoms with E-state index >= 15 is 0 Å². The normalized spacial score (nSPS) is 10.5. The van der Waals surface area contributed by atoms with Gasteiger partial charge in [0.15, 0.2) is 0 Å². The minimum atomic E-state index is -1.12. The summed E-state index contributed by atoms with van der Waals surface area (Å²) in [6, 6.07) is 6.28. The number of nitrogens with zero attached hydrogens (tertiary/aromatic N) is 1. The van der Waals surface area contributed by atoms with Gasteiger partial charge in [-0.1, -0.05) is 29.3 Å². The molecule has 19 heavy (non-hydrogen) atoms. The third kappa shape index (κ3) is 3.03. The third-order valence-corrected chi connectivity index (χ3v) is 3.13. The van der Waals surface area contributed by atoms with Crippen LogP contribution in [0.15, 0.2) is 30.5 Å². The summed E-state index contributed by atoms with van der Waals surface area (Å²) in [5.74, 6) is -1.80. The second-order valence-corrected chi connectivity index (χ2v) is 4.64. The van der Waals surface area contributed by atoms with Crippen molar-refractivity contribution in [1.82, 2.24) is 4.98 Å². The van der Waals surface area contributed by atoms with E-state index in [1.807, 2.05) is 0 Å². The zero-order valence-corrected chi connectivity index (χ0v) is 11.0. The Balaban J connectivity index is 2.54. The Hall–Kier alpha value is -1.65. The van der Waals surface area contributed by atoms with E-state index in [9.17, 15) is 9.18 Å². The van der Waals surface area contributed by atoms with Gasteiger partial charge in [-0.3, -0.25) is 9.78 Å². The Bertz CT molecular complexity index is 626. The molecule has 6 heteroatoms. The first kappa shape index (κ1) is 13.8. The van der Waals surface area contributed by atoms with E-state index in [4.69, 9.17) is 28.3 Å².